The van der Waals surface area contributed by atoms with E-state index >= 15 is 0 Å². The number of hydrogen-bond acceptors (Lipinski definition) is 5. The molecule has 0 aliphatic carbocycles. The smallest absolute Gasteiger partial charge is 0.339 e. The van der Waals surface area contributed by atoms with Crippen LogP contribution in [0.25, 0.3) is 0 Å². The second-order valence-electron chi connectivity index (χ2n) is 5.48. The number of ether oxygens (including phenoxy) is 1. The minimum absolute atomic E-state index is 0.0905. The van der Waals surface area contributed by atoms with Crippen molar-refractivity contribution in [2.24, 2.45) is 0 Å². The van der Waals surface area contributed by atoms with Crippen LogP contribution in [-0.2, 0) is 9.53 Å². The Morgan fingerprint density at radius 3 is 2.27 bits per heavy atom. The molecule has 132 valence electrons. The molecule has 7 nitrogen and oxygen atoms in total. The zero-order valence-corrected chi connectivity index (χ0v) is 14.4. The number of imide groups is 1. The van der Waals surface area contributed by atoms with Gasteiger partial charge in [-0.25, -0.2) is 4.79 Å². The average molecular weight is 373 g/mol. The van der Waals surface area contributed by atoms with Crippen LogP contribution in [0, 0.1) is 0 Å². The fraction of sp³-hybridized carbons (Fsp3) is 0.111. The summed E-state index contributed by atoms with van der Waals surface area (Å²) in [5.74, 6) is -2.27. The van der Waals surface area contributed by atoms with Gasteiger partial charge in [0.15, 0.2) is 0 Å². The lowest BCUT2D eigenvalue weighted by Gasteiger charge is -2.14. The monoisotopic (exact) mass is 372 g/mol. The average Bonchev–Trinajstić information content (AvgIpc) is 2.88. The zero-order chi connectivity index (χ0) is 18.8. The molecule has 0 fully saturated rings. The molecule has 26 heavy (non-hydrogen) atoms. The lowest BCUT2D eigenvalue weighted by molar-refractivity contribution is -0.116. The van der Waals surface area contributed by atoms with E-state index in [2.05, 4.69) is 10.1 Å². The van der Waals surface area contributed by atoms with E-state index in [9.17, 15) is 19.2 Å². The molecule has 3 amide bonds. The Morgan fingerprint density at radius 2 is 1.69 bits per heavy atom. The molecular weight excluding hydrogens is 360 g/mol. The van der Waals surface area contributed by atoms with E-state index < -0.39 is 30.2 Å². The van der Waals surface area contributed by atoms with Crippen molar-refractivity contribution in [3.63, 3.8) is 0 Å². The first-order valence-corrected chi connectivity index (χ1v) is 7.93. The van der Waals surface area contributed by atoms with Crippen molar-refractivity contribution >= 4 is 41.0 Å². The Bertz CT molecular complexity index is 906. The predicted molar refractivity (Wildman–Crippen MR) is 93.2 cm³/mol. The maximum Gasteiger partial charge on any atom is 0.339 e. The van der Waals surface area contributed by atoms with Gasteiger partial charge in [0.25, 0.3) is 11.8 Å². The highest BCUT2D eigenvalue weighted by Gasteiger charge is 2.36. The van der Waals surface area contributed by atoms with E-state index in [-0.39, 0.29) is 27.4 Å². The summed E-state index contributed by atoms with van der Waals surface area (Å²) in [5, 5.41) is 2.71. The van der Waals surface area contributed by atoms with Crippen molar-refractivity contribution in [3.05, 3.63) is 64.2 Å². The van der Waals surface area contributed by atoms with E-state index in [4.69, 9.17) is 11.6 Å². The third kappa shape index (κ3) is 3.16. The summed E-state index contributed by atoms with van der Waals surface area (Å²) >= 11 is 5.92. The predicted octanol–water partition coefficient (Wildman–Crippen LogP) is 2.36. The molecule has 0 aromatic heterocycles. The van der Waals surface area contributed by atoms with Gasteiger partial charge >= 0.3 is 5.97 Å². The van der Waals surface area contributed by atoms with Gasteiger partial charge in [0.1, 0.15) is 6.54 Å². The minimum Gasteiger partial charge on any atom is -0.465 e. The molecule has 1 aliphatic rings. The topological polar surface area (TPSA) is 92.8 Å². The van der Waals surface area contributed by atoms with Gasteiger partial charge in [-0.1, -0.05) is 23.7 Å². The Morgan fingerprint density at radius 1 is 1.08 bits per heavy atom. The highest BCUT2D eigenvalue weighted by molar-refractivity contribution is 6.33. The molecule has 0 unspecified atom stereocenters. The van der Waals surface area contributed by atoms with Crippen LogP contribution in [0.2, 0.25) is 5.02 Å². The second-order valence-corrected chi connectivity index (χ2v) is 5.88. The van der Waals surface area contributed by atoms with Crippen LogP contribution in [0.3, 0.4) is 0 Å². The van der Waals surface area contributed by atoms with Crippen molar-refractivity contribution in [3.8, 4) is 0 Å². The molecule has 1 N–H and O–H groups in total. The number of esters is 1. The quantitative estimate of drug-likeness (QED) is 0.657. The van der Waals surface area contributed by atoms with Crippen LogP contribution < -0.4 is 5.32 Å². The molecule has 0 spiro atoms. The van der Waals surface area contributed by atoms with Crippen LogP contribution in [0.4, 0.5) is 5.69 Å². The Hall–Kier alpha value is -3.19. The van der Waals surface area contributed by atoms with E-state index in [1.807, 2.05) is 0 Å². The van der Waals surface area contributed by atoms with Crippen LogP contribution in [0.5, 0.6) is 0 Å². The maximum absolute atomic E-state index is 12.3. The number of anilines is 1. The molecule has 1 heterocycles. The normalized spacial score (nSPS) is 12.8. The van der Waals surface area contributed by atoms with Gasteiger partial charge in [-0.3, -0.25) is 19.3 Å². The number of rotatable bonds is 4. The number of hydrogen-bond donors (Lipinski definition) is 1. The van der Waals surface area contributed by atoms with Crippen molar-refractivity contribution in [1.82, 2.24) is 4.90 Å². The lowest BCUT2D eigenvalue weighted by atomic mass is 10.1. The van der Waals surface area contributed by atoms with Crippen LogP contribution >= 0.6 is 11.6 Å². The number of methoxy groups -OCH3 is 1. The van der Waals surface area contributed by atoms with Gasteiger partial charge in [-0.05, 0) is 30.3 Å². The van der Waals surface area contributed by atoms with Gasteiger partial charge in [0.05, 0.1) is 28.8 Å². The number of benzene rings is 2. The molecule has 2 aromatic rings. The third-order valence-corrected chi connectivity index (χ3v) is 4.16. The van der Waals surface area contributed by atoms with Crippen LogP contribution in [-0.4, -0.2) is 42.2 Å². The number of carbonyl (C=O) groups is 4. The summed E-state index contributed by atoms with van der Waals surface area (Å²) in [4.78, 5) is 49.3. The van der Waals surface area contributed by atoms with Crippen molar-refractivity contribution in [2.75, 3.05) is 19.0 Å². The van der Waals surface area contributed by atoms with Crippen molar-refractivity contribution in [2.45, 2.75) is 0 Å². The largest absolute Gasteiger partial charge is 0.465 e. The second kappa shape index (κ2) is 6.97. The van der Waals surface area contributed by atoms with E-state index in [1.54, 1.807) is 12.1 Å². The van der Waals surface area contributed by atoms with Crippen molar-refractivity contribution < 1.29 is 23.9 Å². The molecular formula is C18H13ClN2O5. The van der Waals surface area contributed by atoms with Gasteiger partial charge in [0.2, 0.25) is 5.91 Å². The Balaban J connectivity index is 1.74. The molecule has 0 radical (unpaired) electrons. The molecule has 1 aliphatic heterocycles. The third-order valence-electron chi connectivity index (χ3n) is 3.84. The minimum atomic E-state index is -0.647. The standard InChI is InChI=1S/C18H13ClN2O5/c1-26-18(25)13-8-10(6-7-14(13)19)20-15(22)9-21-16(23)11-4-2-3-5-12(11)17(21)24/h2-8H,9H2,1H3,(H,20,22). The first kappa shape index (κ1) is 17.6. The first-order chi connectivity index (χ1) is 12.4. The number of nitrogens with zero attached hydrogens (tertiary/aromatic N) is 1. The first-order valence-electron chi connectivity index (χ1n) is 7.55. The number of carbonyl (C=O) groups excluding carboxylic acids is 4. The van der Waals surface area contributed by atoms with Crippen LogP contribution in [0.1, 0.15) is 31.1 Å². The van der Waals surface area contributed by atoms with Gasteiger partial charge in [0, 0.05) is 5.69 Å². The summed E-state index contributed by atoms with van der Waals surface area (Å²) < 4.78 is 4.62. The van der Waals surface area contributed by atoms with Gasteiger partial charge in [-0.2, -0.15) is 0 Å². The maximum atomic E-state index is 12.3. The zero-order valence-electron chi connectivity index (χ0n) is 13.6. The number of amides is 3. The van der Waals surface area contributed by atoms with E-state index in [1.165, 1.54) is 37.4 Å². The summed E-state index contributed by atoms with van der Waals surface area (Å²) in [6.45, 7) is -0.442. The summed E-state index contributed by atoms with van der Waals surface area (Å²) in [6.07, 6.45) is 0. The molecule has 0 atom stereocenters. The molecule has 3 rings (SSSR count). The molecule has 0 saturated carbocycles. The lowest BCUT2D eigenvalue weighted by Crippen LogP contribution is -2.37. The summed E-state index contributed by atoms with van der Waals surface area (Å²) in [5.41, 5.74) is 0.915. The van der Waals surface area contributed by atoms with E-state index in [0.717, 1.165) is 4.90 Å². The van der Waals surface area contributed by atoms with E-state index in [0.29, 0.717) is 0 Å². The Labute approximate surface area is 153 Å². The molecule has 2 aromatic carbocycles. The van der Waals surface area contributed by atoms with Crippen LogP contribution in [0.15, 0.2) is 42.5 Å². The SMILES string of the molecule is COC(=O)c1cc(NC(=O)CN2C(=O)c3ccccc3C2=O)ccc1Cl. The van der Waals surface area contributed by atoms with Gasteiger partial charge < -0.3 is 10.1 Å². The number of nitrogens with one attached hydrogen (secondary N) is 1. The summed E-state index contributed by atoms with van der Waals surface area (Å²) in [7, 11) is 1.21. The molecule has 0 saturated heterocycles. The fourth-order valence-corrected chi connectivity index (χ4v) is 2.79. The summed E-state index contributed by atoms with van der Waals surface area (Å²) in [6, 6.07) is 10.7. The Kier molecular flexibility index (Phi) is 4.73. The van der Waals surface area contributed by atoms with Crippen molar-refractivity contribution in [1.29, 1.82) is 0 Å². The number of fused-ring (bicyclic) bond motifs is 1. The fourth-order valence-electron chi connectivity index (χ4n) is 2.60. The highest BCUT2D eigenvalue weighted by atomic mass is 35.5. The highest BCUT2D eigenvalue weighted by Crippen LogP contribution is 2.23. The number of halogens is 1. The van der Waals surface area contributed by atoms with Gasteiger partial charge in [-0.15, -0.1) is 0 Å². The molecule has 0 bridgehead atoms. The molecule has 8 heteroatoms.